The predicted molar refractivity (Wildman–Crippen MR) is 102 cm³/mol. The van der Waals surface area contributed by atoms with Crippen molar-refractivity contribution in [3.63, 3.8) is 0 Å². The zero-order valence-electron chi connectivity index (χ0n) is 14.8. The molecule has 0 unspecified atom stereocenters. The van der Waals surface area contributed by atoms with Crippen molar-refractivity contribution in [2.45, 2.75) is 51.5 Å². The van der Waals surface area contributed by atoms with Gasteiger partial charge in [0.1, 0.15) is 5.82 Å². The van der Waals surface area contributed by atoms with Crippen molar-refractivity contribution in [2.24, 2.45) is 0 Å². The van der Waals surface area contributed by atoms with Crippen molar-refractivity contribution >= 4 is 11.8 Å². The summed E-state index contributed by atoms with van der Waals surface area (Å²) in [6.45, 7) is 3.19. The summed E-state index contributed by atoms with van der Waals surface area (Å²) in [5.74, 6) is 1.76. The Bertz CT molecular complexity index is 635. The van der Waals surface area contributed by atoms with Crippen molar-refractivity contribution in [1.82, 2.24) is 9.97 Å². The molecule has 1 aliphatic carbocycles. The molecule has 4 nitrogen and oxygen atoms in total. The van der Waals surface area contributed by atoms with E-state index in [-0.39, 0.29) is 0 Å². The zero-order valence-corrected chi connectivity index (χ0v) is 14.8. The van der Waals surface area contributed by atoms with Crippen LogP contribution in [0.3, 0.4) is 0 Å². The van der Waals surface area contributed by atoms with Crippen LogP contribution in [-0.4, -0.2) is 29.6 Å². The van der Waals surface area contributed by atoms with E-state index in [1.165, 1.54) is 32.1 Å². The first-order valence-electron chi connectivity index (χ1n) is 9.18. The molecule has 1 fully saturated rings. The van der Waals surface area contributed by atoms with Crippen LogP contribution in [0.25, 0.3) is 11.3 Å². The van der Waals surface area contributed by atoms with Crippen LogP contribution < -0.4 is 10.2 Å². The van der Waals surface area contributed by atoms with Crippen molar-refractivity contribution < 1.29 is 0 Å². The molecule has 1 heterocycles. The number of anilines is 2. The minimum Gasteiger partial charge on any atom is -0.367 e. The van der Waals surface area contributed by atoms with E-state index in [1.54, 1.807) is 0 Å². The first-order chi connectivity index (χ1) is 11.8. The van der Waals surface area contributed by atoms with E-state index in [4.69, 9.17) is 9.97 Å². The Morgan fingerprint density at radius 2 is 1.88 bits per heavy atom. The van der Waals surface area contributed by atoms with Crippen molar-refractivity contribution in [1.29, 1.82) is 0 Å². The van der Waals surface area contributed by atoms with Crippen LogP contribution in [-0.2, 0) is 0 Å². The first-order valence-corrected chi connectivity index (χ1v) is 9.18. The van der Waals surface area contributed by atoms with Crippen LogP contribution in [0, 0.1) is 0 Å². The smallest absolute Gasteiger partial charge is 0.227 e. The minimum absolute atomic E-state index is 0.553. The Labute approximate surface area is 145 Å². The number of rotatable bonds is 7. The number of benzene rings is 1. The second kappa shape index (κ2) is 8.13. The molecular weight excluding hydrogens is 296 g/mol. The highest BCUT2D eigenvalue weighted by Crippen LogP contribution is 2.26. The quantitative estimate of drug-likeness (QED) is 0.799. The monoisotopic (exact) mass is 324 g/mol. The highest BCUT2D eigenvalue weighted by atomic mass is 15.2. The van der Waals surface area contributed by atoms with Gasteiger partial charge in [-0.05, 0) is 19.3 Å². The molecule has 0 aliphatic heterocycles. The highest BCUT2D eigenvalue weighted by molar-refractivity contribution is 5.64. The maximum atomic E-state index is 4.81. The molecule has 1 aromatic carbocycles. The molecule has 24 heavy (non-hydrogen) atoms. The second-order valence-corrected chi connectivity index (χ2v) is 6.71. The molecule has 0 radical (unpaired) electrons. The summed E-state index contributed by atoms with van der Waals surface area (Å²) < 4.78 is 0. The topological polar surface area (TPSA) is 41.1 Å². The number of hydrogen-bond acceptors (Lipinski definition) is 4. The van der Waals surface area contributed by atoms with Gasteiger partial charge >= 0.3 is 0 Å². The fraction of sp³-hybridized carbons (Fsp3) is 0.500. The summed E-state index contributed by atoms with van der Waals surface area (Å²) in [4.78, 5) is 11.7. The van der Waals surface area contributed by atoms with Gasteiger partial charge in [-0.15, -0.1) is 0 Å². The molecule has 0 atom stereocenters. The van der Waals surface area contributed by atoms with Gasteiger partial charge in [-0.3, -0.25) is 0 Å². The lowest BCUT2D eigenvalue weighted by Gasteiger charge is -2.20. The summed E-state index contributed by atoms with van der Waals surface area (Å²) in [5, 5.41) is 3.62. The van der Waals surface area contributed by atoms with Gasteiger partial charge in [-0.1, -0.05) is 56.5 Å². The molecular formula is C20H28N4. The molecule has 0 bridgehead atoms. The van der Waals surface area contributed by atoms with Crippen LogP contribution in [0.1, 0.15) is 45.4 Å². The van der Waals surface area contributed by atoms with Crippen LogP contribution in [0.15, 0.2) is 36.4 Å². The summed E-state index contributed by atoms with van der Waals surface area (Å²) in [7, 11) is 2.08. The highest BCUT2D eigenvalue weighted by Gasteiger charge is 2.17. The Morgan fingerprint density at radius 1 is 1.12 bits per heavy atom. The molecule has 2 aromatic rings. The number of nitrogens with zero attached hydrogens (tertiary/aromatic N) is 3. The third kappa shape index (κ3) is 4.25. The van der Waals surface area contributed by atoms with Crippen LogP contribution in [0.4, 0.5) is 11.8 Å². The van der Waals surface area contributed by atoms with Gasteiger partial charge in [0.25, 0.3) is 0 Å². The SMILES string of the molecule is CCCCN(C)c1nc(NC2CCCC2)cc(-c2ccccc2)n1. The maximum Gasteiger partial charge on any atom is 0.227 e. The van der Waals surface area contributed by atoms with Crippen LogP contribution in [0.2, 0.25) is 0 Å². The average molecular weight is 324 g/mol. The molecule has 128 valence electrons. The Morgan fingerprint density at radius 3 is 2.58 bits per heavy atom. The average Bonchev–Trinajstić information content (AvgIpc) is 3.13. The normalized spacial score (nSPS) is 14.8. The van der Waals surface area contributed by atoms with E-state index >= 15 is 0 Å². The molecule has 4 heteroatoms. The van der Waals surface area contributed by atoms with E-state index in [9.17, 15) is 0 Å². The van der Waals surface area contributed by atoms with E-state index in [2.05, 4.69) is 54.5 Å². The molecule has 0 saturated heterocycles. The van der Waals surface area contributed by atoms with Crippen molar-refractivity contribution in [3.8, 4) is 11.3 Å². The lowest BCUT2D eigenvalue weighted by Crippen LogP contribution is -2.23. The second-order valence-electron chi connectivity index (χ2n) is 6.71. The Kier molecular flexibility index (Phi) is 5.68. The molecule has 0 spiro atoms. The molecule has 1 saturated carbocycles. The zero-order chi connectivity index (χ0) is 16.8. The number of nitrogens with one attached hydrogen (secondary N) is 1. The van der Waals surface area contributed by atoms with Gasteiger partial charge in [0, 0.05) is 31.3 Å². The first kappa shape index (κ1) is 16.7. The molecule has 0 amide bonds. The van der Waals surface area contributed by atoms with Crippen molar-refractivity contribution in [2.75, 3.05) is 23.8 Å². The molecule has 1 N–H and O–H groups in total. The summed E-state index contributed by atoms with van der Waals surface area (Å²) in [6, 6.07) is 13.0. The fourth-order valence-electron chi connectivity index (χ4n) is 3.21. The van der Waals surface area contributed by atoms with Gasteiger partial charge in [0.05, 0.1) is 5.69 Å². The predicted octanol–water partition coefficient (Wildman–Crippen LogP) is 4.73. The molecule has 1 aromatic heterocycles. The van der Waals surface area contributed by atoms with E-state index < -0.39 is 0 Å². The molecule has 1 aliphatic rings. The standard InChI is InChI=1S/C20H28N4/c1-3-4-14-24(2)20-22-18(16-10-6-5-7-11-16)15-19(23-20)21-17-12-8-9-13-17/h5-7,10-11,15,17H,3-4,8-9,12-14H2,1-2H3,(H,21,22,23). The van der Waals surface area contributed by atoms with Gasteiger partial charge in [0.15, 0.2) is 0 Å². The van der Waals surface area contributed by atoms with Gasteiger partial charge < -0.3 is 10.2 Å². The summed E-state index contributed by atoms with van der Waals surface area (Å²) in [5.41, 5.74) is 2.13. The number of hydrogen-bond donors (Lipinski definition) is 1. The van der Waals surface area contributed by atoms with E-state index in [0.29, 0.717) is 6.04 Å². The lowest BCUT2D eigenvalue weighted by molar-refractivity contribution is 0.738. The fourth-order valence-corrected chi connectivity index (χ4v) is 3.21. The van der Waals surface area contributed by atoms with Crippen molar-refractivity contribution in [3.05, 3.63) is 36.4 Å². The van der Waals surface area contributed by atoms with Gasteiger partial charge in [-0.25, -0.2) is 4.98 Å². The number of aromatic nitrogens is 2. The molecule has 3 rings (SSSR count). The Balaban J connectivity index is 1.89. The Hall–Kier alpha value is -2.10. The van der Waals surface area contributed by atoms with Gasteiger partial charge in [-0.2, -0.15) is 4.98 Å². The van der Waals surface area contributed by atoms with E-state index in [0.717, 1.165) is 36.0 Å². The van der Waals surface area contributed by atoms with E-state index in [1.807, 2.05) is 6.07 Å². The van der Waals surface area contributed by atoms with Gasteiger partial charge in [0.2, 0.25) is 5.95 Å². The van der Waals surface area contributed by atoms with Crippen LogP contribution in [0.5, 0.6) is 0 Å². The summed E-state index contributed by atoms with van der Waals surface area (Å²) in [6.07, 6.45) is 7.45. The number of unbranched alkanes of at least 4 members (excludes halogenated alkanes) is 1. The maximum absolute atomic E-state index is 4.81. The van der Waals surface area contributed by atoms with Crippen LogP contribution >= 0.6 is 0 Å². The third-order valence-corrected chi connectivity index (χ3v) is 4.68. The largest absolute Gasteiger partial charge is 0.367 e. The third-order valence-electron chi connectivity index (χ3n) is 4.68. The lowest BCUT2D eigenvalue weighted by atomic mass is 10.1. The minimum atomic E-state index is 0.553. The summed E-state index contributed by atoms with van der Waals surface area (Å²) >= 11 is 0.